The maximum Gasteiger partial charge on any atom is 0.311 e. The number of nitro benzene ring substituents is 1. The molecule has 31 heavy (non-hydrogen) atoms. The molecule has 0 bridgehead atoms. The van der Waals surface area contributed by atoms with E-state index in [0.29, 0.717) is 17.4 Å². The van der Waals surface area contributed by atoms with Crippen molar-refractivity contribution < 1.29 is 10.0 Å². The number of nitrogens with zero attached hydrogens (tertiary/aromatic N) is 2. The predicted octanol–water partition coefficient (Wildman–Crippen LogP) is 5.88. The molecule has 3 atom stereocenters. The van der Waals surface area contributed by atoms with Crippen molar-refractivity contribution in [2.24, 2.45) is 10.9 Å². The van der Waals surface area contributed by atoms with Crippen LogP contribution in [0, 0.1) is 16.0 Å². The van der Waals surface area contributed by atoms with Gasteiger partial charge in [0, 0.05) is 23.9 Å². The number of hydrogen-bond acceptors (Lipinski definition) is 5. The molecular formula is C25H21N3O3. The largest absolute Gasteiger partial charge is 0.502 e. The molecule has 1 aliphatic heterocycles. The Morgan fingerprint density at radius 3 is 2.71 bits per heavy atom. The molecule has 0 unspecified atom stereocenters. The van der Waals surface area contributed by atoms with Gasteiger partial charge in [-0.1, -0.05) is 42.5 Å². The van der Waals surface area contributed by atoms with Crippen molar-refractivity contribution >= 4 is 23.3 Å². The summed E-state index contributed by atoms with van der Waals surface area (Å²) in [7, 11) is 0. The molecular weight excluding hydrogens is 390 g/mol. The van der Waals surface area contributed by atoms with Gasteiger partial charge in [0.25, 0.3) is 0 Å². The second-order valence-corrected chi connectivity index (χ2v) is 7.92. The zero-order valence-corrected chi connectivity index (χ0v) is 16.7. The maximum absolute atomic E-state index is 11.0. The number of fused-ring (bicyclic) bond motifs is 3. The van der Waals surface area contributed by atoms with Crippen LogP contribution >= 0.6 is 0 Å². The van der Waals surface area contributed by atoms with Gasteiger partial charge in [0.05, 0.1) is 16.7 Å². The fraction of sp³-hybridized carbons (Fsp3) is 0.160. The summed E-state index contributed by atoms with van der Waals surface area (Å²) >= 11 is 0. The zero-order chi connectivity index (χ0) is 21.4. The molecule has 2 N–H and O–H groups in total. The monoisotopic (exact) mass is 411 g/mol. The van der Waals surface area contributed by atoms with Gasteiger partial charge < -0.3 is 10.4 Å². The number of anilines is 1. The van der Waals surface area contributed by atoms with Crippen LogP contribution in [-0.4, -0.2) is 16.2 Å². The highest BCUT2D eigenvalue weighted by atomic mass is 16.6. The highest BCUT2D eigenvalue weighted by molar-refractivity contribution is 5.83. The van der Waals surface area contributed by atoms with Gasteiger partial charge in [-0.05, 0) is 59.4 Å². The van der Waals surface area contributed by atoms with E-state index >= 15 is 0 Å². The van der Waals surface area contributed by atoms with Crippen LogP contribution in [0.1, 0.15) is 35.1 Å². The van der Waals surface area contributed by atoms with E-state index in [9.17, 15) is 15.2 Å². The first-order valence-electron chi connectivity index (χ1n) is 10.2. The van der Waals surface area contributed by atoms with Crippen LogP contribution in [0.5, 0.6) is 5.75 Å². The van der Waals surface area contributed by atoms with E-state index in [1.54, 1.807) is 12.3 Å². The summed E-state index contributed by atoms with van der Waals surface area (Å²) in [5.74, 6) is 0.569. The fourth-order valence-corrected chi connectivity index (χ4v) is 4.56. The van der Waals surface area contributed by atoms with Gasteiger partial charge in [-0.25, -0.2) is 0 Å². The fourth-order valence-electron chi connectivity index (χ4n) is 4.56. The Labute approximate surface area is 179 Å². The summed E-state index contributed by atoms with van der Waals surface area (Å²) in [5.41, 5.74) is 4.75. The van der Waals surface area contributed by atoms with Crippen molar-refractivity contribution in [2.45, 2.75) is 18.4 Å². The molecule has 0 saturated heterocycles. The topological polar surface area (TPSA) is 87.8 Å². The lowest BCUT2D eigenvalue weighted by Gasteiger charge is -2.37. The van der Waals surface area contributed by atoms with Crippen LogP contribution in [0.15, 0.2) is 83.9 Å². The van der Waals surface area contributed by atoms with Crippen molar-refractivity contribution in [3.05, 3.63) is 106 Å². The highest BCUT2D eigenvalue weighted by Crippen LogP contribution is 2.49. The van der Waals surface area contributed by atoms with Crippen LogP contribution in [0.3, 0.4) is 0 Å². The summed E-state index contributed by atoms with van der Waals surface area (Å²) in [5, 5.41) is 24.3. The molecule has 3 aromatic rings. The number of allylic oxidation sites excluding steroid dienone is 2. The van der Waals surface area contributed by atoms with Gasteiger partial charge in [0.15, 0.2) is 5.75 Å². The molecule has 0 aromatic heterocycles. The van der Waals surface area contributed by atoms with Gasteiger partial charge >= 0.3 is 5.69 Å². The predicted molar refractivity (Wildman–Crippen MR) is 121 cm³/mol. The minimum atomic E-state index is -0.609. The molecule has 6 nitrogen and oxygen atoms in total. The van der Waals surface area contributed by atoms with Gasteiger partial charge in [0.1, 0.15) is 0 Å². The number of phenolic OH excluding ortho intramolecular Hbond substituents is 1. The van der Waals surface area contributed by atoms with Crippen molar-refractivity contribution in [1.29, 1.82) is 0 Å². The van der Waals surface area contributed by atoms with E-state index in [0.717, 1.165) is 12.1 Å². The summed E-state index contributed by atoms with van der Waals surface area (Å²) in [6.07, 6.45) is 7.22. The maximum atomic E-state index is 11.0. The molecule has 154 valence electrons. The lowest BCUT2D eigenvalue weighted by molar-refractivity contribution is -0.385. The van der Waals surface area contributed by atoms with E-state index in [2.05, 4.69) is 58.9 Å². The van der Waals surface area contributed by atoms with Gasteiger partial charge in [0.2, 0.25) is 0 Å². The number of phenols is 1. The molecule has 6 heteroatoms. The highest BCUT2D eigenvalue weighted by Gasteiger charge is 2.37. The number of nitro groups is 1. The Morgan fingerprint density at radius 1 is 1.10 bits per heavy atom. The Balaban J connectivity index is 1.37. The average Bonchev–Trinajstić information content (AvgIpc) is 3.28. The second kappa shape index (κ2) is 7.72. The number of nitrogens with one attached hydrogen (secondary N) is 1. The van der Waals surface area contributed by atoms with E-state index in [1.807, 2.05) is 12.1 Å². The molecule has 1 aliphatic carbocycles. The molecule has 0 spiro atoms. The quantitative estimate of drug-likeness (QED) is 0.243. The van der Waals surface area contributed by atoms with Gasteiger partial charge in [-0.3, -0.25) is 15.1 Å². The lowest BCUT2D eigenvalue weighted by Crippen LogP contribution is -2.28. The smallest absolute Gasteiger partial charge is 0.311 e. The van der Waals surface area contributed by atoms with E-state index in [1.165, 1.54) is 28.9 Å². The summed E-state index contributed by atoms with van der Waals surface area (Å²) in [6.45, 7) is 0. The van der Waals surface area contributed by atoms with Crippen molar-refractivity contribution in [3.8, 4) is 5.75 Å². The van der Waals surface area contributed by atoms with Crippen molar-refractivity contribution in [3.63, 3.8) is 0 Å². The zero-order valence-electron chi connectivity index (χ0n) is 16.7. The van der Waals surface area contributed by atoms with Crippen LogP contribution in [0.2, 0.25) is 0 Å². The molecule has 0 amide bonds. The minimum absolute atomic E-state index is 0.229. The first-order chi connectivity index (χ1) is 15.1. The molecule has 0 radical (unpaired) electrons. The van der Waals surface area contributed by atoms with E-state index < -0.39 is 4.92 Å². The van der Waals surface area contributed by atoms with Crippen LogP contribution in [0.4, 0.5) is 17.1 Å². The van der Waals surface area contributed by atoms with Crippen molar-refractivity contribution in [2.75, 3.05) is 5.32 Å². The number of aliphatic imine (C=N–C) groups is 1. The molecule has 5 rings (SSSR count). The Bertz CT molecular complexity index is 1200. The first-order valence-corrected chi connectivity index (χ1v) is 10.2. The Hall–Kier alpha value is -3.93. The number of benzene rings is 3. The third-order valence-corrected chi connectivity index (χ3v) is 6.08. The van der Waals surface area contributed by atoms with Crippen molar-refractivity contribution in [1.82, 2.24) is 0 Å². The molecule has 2 aliphatic rings. The van der Waals surface area contributed by atoms with Crippen LogP contribution in [-0.2, 0) is 0 Å². The molecule has 0 saturated carbocycles. The second-order valence-electron chi connectivity index (χ2n) is 7.92. The normalized spacial score (nSPS) is 21.5. The van der Waals surface area contributed by atoms with Crippen LogP contribution in [0.25, 0.3) is 0 Å². The number of hydrogen-bond donors (Lipinski definition) is 2. The standard InChI is InChI=1S/C25H21N3O3/c29-24-13-8-16(14-23(24)28(30)31)15-26-18-11-9-17(10-12-18)25-21-6-3-5-19(21)20-4-1-2-7-22(20)27-25/h1-5,7-15,19,21,25,27,29H,6H2/t19-,21+,25+/m1/s1. The number of para-hydroxylation sites is 1. The Morgan fingerprint density at radius 2 is 1.90 bits per heavy atom. The summed E-state index contributed by atoms with van der Waals surface area (Å²) < 4.78 is 0. The van der Waals surface area contributed by atoms with Gasteiger partial charge in [-0.15, -0.1) is 0 Å². The van der Waals surface area contributed by atoms with E-state index in [4.69, 9.17) is 0 Å². The molecule has 3 aromatic carbocycles. The number of rotatable bonds is 4. The van der Waals surface area contributed by atoms with Crippen LogP contribution < -0.4 is 5.32 Å². The van der Waals surface area contributed by atoms with E-state index in [-0.39, 0.29) is 17.5 Å². The molecule has 1 heterocycles. The SMILES string of the molecule is O=[N+]([O-])c1cc(C=Nc2ccc([C@@H]3Nc4ccccc4[C@H]4C=CC[C@@H]43)cc2)ccc1O. The number of aromatic hydroxyl groups is 1. The Kier molecular flexibility index (Phi) is 4.75. The summed E-state index contributed by atoms with van der Waals surface area (Å²) in [6, 6.07) is 21.0. The third-order valence-electron chi connectivity index (χ3n) is 6.08. The third kappa shape index (κ3) is 3.57. The summed E-state index contributed by atoms with van der Waals surface area (Å²) in [4.78, 5) is 14.8. The van der Waals surface area contributed by atoms with Gasteiger partial charge in [-0.2, -0.15) is 0 Å². The minimum Gasteiger partial charge on any atom is -0.502 e. The molecule has 0 fully saturated rings. The lowest BCUT2D eigenvalue weighted by atomic mass is 9.77. The average molecular weight is 411 g/mol. The first kappa shape index (κ1) is 19.1.